The smallest absolute Gasteiger partial charge is 0.258 e. The molecule has 0 radical (unpaired) electrons. The maximum Gasteiger partial charge on any atom is 0.289 e. The summed E-state index contributed by atoms with van der Waals surface area (Å²) in [6, 6.07) is 5.17. The number of sulfonamides is 1. The van der Waals surface area contributed by atoms with Gasteiger partial charge in [0, 0.05) is 12.5 Å². The van der Waals surface area contributed by atoms with Crippen molar-refractivity contribution in [2.24, 2.45) is 0 Å². The Morgan fingerprint density at radius 1 is 1.26 bits per heavy atom. The van der Waals surface area contributed by atoms with Crippen LogP contribution < -0.4 is 4.72 Å². The summed E-state index contributed by atoms with van der Waals surface area (Å²) >= 11 is 1.14. The Morgan fingerprint density at radius 2 is 2.00 bits per heavy atom. The monoisotopic (exact) mass is 356 g/mol. The molecule has 0 amide bonds. The molecular weight excluding hydrogens is 340 g/mol. The van der Waals surface area contributed by atoms with Crippen molar-refractivity contribution in [2.45, 2.75) is 37.5 Å². The Kier molecular flexibility index (Phi) is 5.61. The fourth-order valence-electron chi connectivity index (χ4n) is 1.93. The van der Waals surface area contributed by atoms with E-state index in [9.17, 15) is 18.5 Å². The highest BCUT2D eigenvalue weighted by atomic mass is 32.2. The molecule has 1 heterocycles. The van der Waals surface area contributed by atoms with Crippen LogP contribution in [0.4, 0.5) is 10.8 Å². The Hall–Kier alpha value is -2.07. The lowest BCUT2D eigenvalue weighted by Crippen LogP contribution is -2.14. The SMILES string of the molecule is CCCCCc1nnc(NS(=O)(=O)c2ccccc2[N+](=O)[O-])s1. The molecule has 0 saturated carbocycles. The topological polar surface area (TPSA) is 115 Å². The van der Waals surface area contributed by atoms with Crippen LogP contribution in [0.25, 0.3) is 0 Å². The molecule has 0 aliphatic carbocycles. The summed E-state index contributed by atoms with van der Waals surface area (Å²) in [6.07, 6.45) is 3.84. The normalized spacial score (nSPS) is 11.3. The highest BCUT2D eigenvalue weighted by molar-refractivity contribution is 7.93. The molecule has 0 spiro atoms. The Labute approximate surface area is 137 Å². The van der Waals surface area contributed by atoms with Crippen LogP contribution in [-0.2, 0) is 16.4 Å². The number of unbranched alkanes of at least 4 members (excludes halogenated alkanes) is 2. The van der Waals surface area contributed by atoms with Gasteiger partial charge in [0.1, 0.15) is 5.01 Å². The second-order valence-electron chi connectivity index (χ2n) is 4.79. The molecular formula is C13H16N4O4S2. The van der Waals surface area contributed by atoms with Crippen molar-refractivity contribution < 1.29 is 13.3 Å². The Morgan fingerprint density at radius 3 is 2.70 bits per heavy atom. The Bertz CT molecular complexity index is 789. The minimum atomic E-state index is -4.08. The first-order valence-electron chi connectivity index (χ1n) is 7.02. The molecule has 124 valence electrons. The van der Waals surface area contributed by atoms with Crippen molar-refractivity contribution in [3.8, 4) is 0 Å². The quantitative estimate of drug-likeness (QED) is 0.442. The van der Waals surface area contributed by atoms with E-state index in [0.29, 0.717) is 0 Å². The van der Waals surface area contributed by atoms with E-state index in [0.717, 1.165) is 48.1 Å². The highest BCUT2D eigenvalue weighted by Gasteiger charge is 2.26. The van der Waals surface area contributed by atoms with Crippen molar-refractivity contribution in [1.82, 2.24) is 10.2 Å². The van der Waals surface area contributed by atoms with Gasteiger partial charge >= 0.3 is 0 Å². The van der Waals surface area contributed by atoms with Gasteiger partial charge in [0.15, 0.2) is 4.90 Å². The van der Waals surface area contributed by atoms with Gasteiger partial charge < -0.3 is 0 Å². The van der Waals surface area contributed by atoms with Crippen LogP contribution in [0.15, 0.2) is 29.2 Å². The number of benzene rings is 1. The van der Waals surface area contributed by atoms with Crippen LogP contribution in [0, 0.1) is 10.1 Å². The van der Waals surface area contributed by atoms with E-state index in [1.165, 1.54) is 18.2 Å². The van der Waals surface area contributed by atoms with Crippen LogP contribution in [0.2, 0.25) is 0 Å². The van der Waals surface area contributed by atoms with E-state index < -0.39 is 25.5 Å². The van der Waals surface area contributed by atoms with Crippen molar-refractivity contribution in [3.63, 3.8) is 0 Å². The first kappa shape index (κ1) is 17.3. The van der Waals surface area contributed by atoms with E-state index in [-0.39, 0.29) is 5.13 Å². The number of aromatic nitrogens is 2. The molecule has 1 N–H and O–H groups in total. The van der Waals surface area contributed by atoms with Crippen LogP contribution in [0.3, 0.4) is 0 Å². The molecule has 1 aromatic carbocycles. The summed E-state index contributed by atoms with van der Waals surface area (Å²) in [5, 5.41) is 19.5. The zero-order valence-electron chi connectivity index (χ0n) is 12.4. The van der Waals surface area contributed by atoms with Crippen molar-refractivity contribution in [2.75, 3.05) is 4.72 Å². The molecule has 0 bridgehead atoms. The number of aryl methyl sites for hydroxylation is 1. The molecule has 0 aliphatic rings. The van der Waals surface area contributed by atoms with Crippen LogP contribution in [-0.4, -0.2) is 23.5 Å². The lowest BCUT2D eigenvalue weighted by atomic mass is 10.2. The van der Waals surface area contributed by atoms with Gasteiger partial charge in [0.05, 0.1) is 4.92 Å². The van der Waals surface area contributed by atoms with Gasteiger partial charge in [-0.2, -0.15) is 0 Å². The van der Waals surface area contributed by atoms with E-state index in [4.69, 9.17) is 0 Å². The maximum absolute atomic E-state index is 12.3. The molecule has 0 saturated heterocycles. The number of nitrogens with zero attached hydrogens (tertiary/aromatic N) is 3. The van der Waals surface area contributed by atoms with Crippen molar-refractivity contribution in [1.29, 1.82) is 0 Å². The van der Waals surface area contributed by atoms with E-state index in [2.05, 4.69) is 21.8 Å². The molecule has 2 rings (SSSR count). The number of rotatable bonds is 8. The van der Waals surface area contributed by atoms with Crippen LogP contribution in [0.5, 0.6) is 0 Å². The Balaban J connectivity index is 2.18. The number of nitro benzene ring substituents is 1. The van der Waals surface area contributed by atoms with Crippen molar-refractivity contribution >= 4 is 32.2 Å². The molecule has 2 aromatic rings. The fraction of sp³-hybridized carbons (Fsp3) is 0.385. The summed E-state index contributed by atoms with van der Waals surface area (Å²) in [5.74, 6) is 0. The number of hydrogen-bond acceptors (Lipinski definition) is 7. The minimum Gasteiger partial charge on any atom is -0.258 e. The lowest BCUT2D eigenvalue weighted by molar-refractivity contribution is -0.387. The third-order valence-corrected chi connectivity index (χ3v) is 5.45. The third kappa shape index (κ3) is 4.45. The first-order chi connectivity index (χ1) is 10.9. The number of nitro groups is 1. The van der Waals surface area contributed by atoms with E-state index in [1.807, 2.05) is 0 Å². The fourth-order valence-corrected chi connectivity index (χ4v) is 4.11. The lowest BCUT2D eigenvalue weighted by Gasteiger charge is -2.04. The molecule has 0 aliphatic heterocycles. The minimum absolute atomic E-state index is 0.106. The van der Waals surface area contributed by atoms with Crippen LogP contribution >= 0.6 is 11.3 Å². The van der Waals surface area contributed by atoms with Crippen LogP contribution in [0.1, 0.15) is 31.2 Å². The van der Waals surface area contributed by atoms with Gasteiger partial charge in [0.2, 0.25) is 5.13 Å². The number of nitrogens with one attached hydrogen (secondary N) is 1. The molecule has 0 fully saturated rings. The summed E-state index contributed by atoms with van der Waals surface area (Å²) in [7, 11) is -4.08. The highest BCUT2D eigenvalue weighted by Crippen LogP contribution is 2.26. The molecule has 10 heteroatoms. The summed E-state index contributed by atoms with van der Waals surface area (Å²) in [6.45, 7) is 2.09. The zero-order valence-corrected chi connectivity index (χ0v) is 14.1. The van der Waals surface area contributed by atoms with Gasteiger partial charge in [-0.25, -0.2) is 8.42 Å². The van der Waals surface area contributed by atoms with Crippen molar-refractivity contribution in [3.05, 3.63) is 39.4 Å². The predicted octanol–water partition coefficient (Wildman–Crippen LogP) is 2.98. The average Bonchev–Trinajstić information content (AvgIpc) is 2.94. The number of para-hydroxylation sites is 1. The molecule has 0 atom stereocenters. The third-order valence-electron chi connectivity index (χ3n) is 3.03. The average molecular weight is 356 g/mol. The summed E-state index contributed by atoms with van der Waals surface area (Å²) in [4.78, 5) is 9.83. The second kappa shape index (κ2) is 7.47. The van der Waals surface area contributed by atoms with E-state index in [1.54, 1.807) is 0 Å². The zero-order chi connectivity index (χ0) is 16.9. The number of anilines is 1. The summed E-state index contributed by atoms with van der Waals surface area (Å²) < 4.78 is 26.9. The van der Waals surface area contributed by atoms with Gasteiger partial charge in [0.25, 0.3) is 15.7 Å². The van der Waals surface area contributed by atoms with E-state index >= 15 is 0 Å². The molecule has 1 aromatic heterocycles. The standard InChI is InChI=1S/C13H16N4O4S2/c1-2-3-4-9-12-14-15-13(22-12)16-23(20,21)11-8-6-5-7-10(11)17(18)19/h5-8H,2-4,9H2,1H3,(H,15,16). The first-order valence-corrected chi connectivity index (χ1v) is 9.32. The number of hydrogen-bond donors (Lipinski definition) is 1. The summed E-state index contributed by atoms with van der Waals surface area (Å²) in [5.41, 5.74) is -0.479. The molecule has 23 heavy (non-hydrogen) atoms. The van der Waals surface area contributed by atoms with Gasteiger partial charge in [-0.3, -0.25) is 14.8 Å². The van der Waals surface area contributed by atoms with Gasteiger partial charge in [-0.15, -0.1) is 10.2 Å². The largest absolute Gasteiger partial charge is 0.289 e. The predicted molar refractivity (Wildman–Crippen MR) is 87.0 cm³/mol. The molecule has 8 nitrogen and oxygen atoms in total. The molecule has 0 unspecified atom stereocenters. The maximum atomic E-state index is 12.3. The van der Waals surface area contributed by atoms with Gasteiger partial charge in [-0.05, 0) is 12.5 Å². The second-order valence-corrected chi connectivity index (χ2v) is 7.50. The van der Waals surface area contributed by atoms with Gasteiger partial charge in [-0.1, -0.05) is 43.2 Å².